The summed E-state index contributed by atoms with van der Waals surface area (Å²) in [6.07, 6.45) is 9.23. The van der Waals surface area contributed by atoms with E-state index in [9.17, 15) is 9.59 Å². The first-order valence-electron chi connectivity index (χ1n) is 11.3. The lowest BCUT2D eigenvalue weighted by molar-refractivity contribution is -0.122. The van der Waals surface area contributed by atoms with E-state index in [2.05, 4.69) is 20.5 Å². The van der Waals surface area contributed by atoms with Gasteiger partial charge in [-0.1, -0.05) is 12.1 Å². The molecule has 3 aliphatic rings. The summed E-state index contributed by atoms with van der Waals surface area (Å²) < 4.78 is 0. The van der Waals surface area contributed by atoms with Crippen molar-refractivity contribution < 1.29 is 9.59 Å². The summed E-state index contributed by atoms with van der Waals surface area (Å²) in [5.74, 6) is 0.908. The summed E-state index contributed by atoms with van der Waals surface area (Å²) in [6, 6.07) is 10.5. The molecular formula is C24H30N4O2. The average Bonchev–Trinajstić information content (AvgIpc) is 3.68. The number of hydrogen-bond donors (Lipinski definition) is 2. The quantitative estimate of drug-likeness (QED) is 0.707. The first kappa shape index (κ1) is 19.5. The van der Waals surface area contributed by atoms with Gasteiger partial charge in [-0.2, -0.15) is 0 Å². The number of nitrogens with zero attached hydrogens (tertiary/aromatic N) is 2. The summed E-state index contributed by atoms with van der Waals surface area (Å²) in [5.41, 5.74) is 1.51. The van der Waals surface area contributed by atoms with Crippen molar-refractivity contribution in [3.8, 4) is 0 Å². The first-order chi connectivity index (χ1) is 14.7. The van der Waals surface area contributed by atoms with Crippen LogP contribution >= 0.6 is 0 Å². The summed E-state index contributed by atoms with van der Waals surface area (Å²) in [4.78, 5) is 32.1. The maximum atomic E-state index is 12.9. The molecule has 1 aromatic heterocycles. The second kappa shape index (κ2) is 8.34. The zero-order chi connectivity index (χ0) is 20.5. The Hall–Kier alpha value is -2.47. The van der Waals surface area contributed by atoms with Gasteiger partial charge >= 0.3 is 0 Å². The Balaban J connectivity index is 1.22. The standard InChI is InChI=1S/C24H30N4O2/c29-23(27-17-8-9-17)13-18-10-11-19(28(18)15-16-6-7-16)14-26-24(30)21-3-1-5-22-20(21)4-2-12-25-22/h1-5,12,16-19H,6-11,13-15H2,(H,26,30)(H,27,29)/t18-,19+/m1/s1. The molecule has 0 unspecified atom stereocenters. The van der Waals surface area contributed by atoms with E-state index in [1.807, 2.05) is 30.3 Å². The molecule has 0 bridgehead atoms. The Morgan fingerprint density at radius 1 is 1.00 bits per heavy atom. The molecular weight excluding hydrogens is 376 g/mol. The van der Waals surface area contributed by atoms with Gasteiger partial charge in [-0.3, -0.25) is 19.5 Å². The van der Waals surface area contributed by atoms with Crippen LogP contribution in [0.5, 0.6) is 0 Å². The van der Waals surface area contributed by atoms with Gasteiger partial charge in [0.2, 0.25) is 5.91 Å². The summed E-state index contributed by atoms with van der Waals surface area (Å²) in [6.45, 7) is 1.68. The van der Waals surface area contributed by atoms with Crippen molar-refractivity contribution >= 4 is 22.7 Å². The van der Waals surface area contributed by atoms with Gasteiger partial charge < -0.3 is 10.6 Å². The SMILES string of the molecule is O=C(C[C@H]1CC[C@@H](CNC(=O)c2cccc3ncccc23)N1CC1CC1)NC1CC1. The van der Waals surface area contributed by atoms with Crippen LogP contribution in [0.3, 0.4) is 0 Å². The van der Waals surface area contributed by atoms with Gasteiger partial charge in [0, 0.05) is 54.8 Å². The van der Waals surface area contributed by atoms with Crippen LogP contribution in [0.2, 0.25) is 0 Å². The Kier molecular flexibility index (Phi) is 5.42. The number of hydrogen-bond acceptors (Lipinski definition) is 4. The van der Waals surface area contributed by atoms with E-state index in [1.165, 1.54) is 12.8 Å². The highest BCUT2D eigenvalue weighted by Crippen LogP contribution is 2.35. The monoisotopic (exact) mass is 406 g/mol. The normalized spacial score (nSPS) is 24.1. The molecule has 158 valence electrons. The lowest BCUT2D eigenvalue weighted by Gasteiger charge is -2.30. The second-order valence-corrected chi connectivity index (χ2v) is 9.16. The van der Waals surface area contributed by atoms with Crippen molar-refractivity contribution in [2.45, 2.75) is 63.1 Å². The Bertz CT molecular complexity index is 932. The molecule has 2 N–H and O–H groups in total. The van der Waals surface area contributed by atoms with Crippen LogP contribution in [0, 0.1) is 5.92 Å². The van der Waals surface area contributed by atoms with Crippen LogP contribution in [0.25, 0.3) is 10.9 Å². The van der Waals surface area contributed by atoms with Crippen LogP contribution < -0.4 is 10.6 Å². The van der Waals surface area contributed by atoms with Crippen molar-refractivity contribution in [2.24, 2.45) is 5.92 Å². The minimum atomic E-state index is -0.0464. The van der Waals surface area contributed by atoms with Crippen LogP contribution in [0.15, 0.2) is 36.5 Å². The fourth-order valence-electron chi connectivity index (χ4n) is 4.69. The molecule has 1 aromatic carbocycles. The minimum absolute atomic E-state index is 0.0464. The molecule has 2 amide bonds. The van der Waals surface area contributed by atoms with Gasteiger partial charge in [0.1, 0.15) is 0 Å². The number of rotatable bonds is 8. The summed E-state index contributed by atoms with van der Waals surface area (Å²) in [7, 11) is 0. The molecule has 6 nitrogen and oxygen atoms in total. The molecule has 1 saturated heterocycles. The Morgan fingerprint density at radius 3 is 2.63 bits per heavy atom. The fourth-order valence-corrected chi connectivity index (χ4v) is 4.69. The van der Waals surface area contributed by atoms with Gasteiger partial charge in [0.15, 0.2) is 0 Å². The minimum Gasteiger partial charge on any atom is -0.353 e. The van der Waals surface area contributed by atoms with E-state index in [0.717, 1.165) is 49.0 Å². The van der Waals surface area contributed by atoms with Gasteiger partial charge in [-0.05, 0) is 62.6 Å². The highest BCUT2D eigenvalue weighted by atomic mass is 16.2. The highest BCUT2D eigenvalue weighted by Gasteiger charge is 2.38. The maximum Gasteiger partial charge on any atom is 0.252 e. The zero-order valence-electron chi connectivity index (χ0n) is 17.3. The zero-order valence-corrected chi connectivity index (χ0v) is 17.3. The van der Waals surface area contributed by atoms with Gasteiger partial charge in [0.05, 0.1) is 5.52 Å². The Morgan fingerprint density at radius 2 is 1.83 bits per heavy atom. The van der Waals surface area contributed by atoms with E-state index < -0.39 is 0 Å². The number of nitrogens with one attached hydrogen (secondary N) is 2. The number of carbonyl (C=O) groups excluding carboxylic acids is 2. The molecule has 2 aromatic rings. The number of fused-ring (bicyclic) bond motifs is 1. The molecule has 0 radical (unpaired) electrons. The number of amides is 2. The van der Waals surface area contributed by atoms with E-state index >= 15 is 0 Å². The van der Waals surface area contributed by atoms with Crippen LogP contribution in [0.4, 0.5) is 0 Å². The lowest BCUT2D eigenvalue weighted by atomic mass is 10.1. The topological polar surface area (TPSA) is 74.3 Å². The molecule has 1 aliphatic heterocycles. The smallest absolute Gasteiger partial charge is 0.252 e. The Labute approximate surface area is 177 Å². The summed E-state index contributed by atoms with van der Waals surface area (Å²) >= 11 is 0. The van der Waals surface area contributed by atoms with E-state index in [1.54, 1.807) is 6.20 Å². The largest absolute Gasteiger partial charge is 0.353 e. The number of carbonyl (C=O) groups is 2. The maximum absolute atomic E-state index is 12.9. The molecule has 2 heterocycles. The number of aromatic nitrogens is 1. The third kappa shape index (κ3) is 4.48. The van der Waals surface area contributed by atoms with Gasteiger partial charge in [0.25, 0.3) is 5.91 Å². The van der Waals surface area contributed by atoms with Crippen molar-refractivity contribution in [1.29, 1.82) is 0 Å². The van der Waals surface area contributed by atoms with Gasteiger partial charge in [-0.15, -0.1) is 0 Å². The fraction of sp³-hybridized carbons (Fsp3) is 0.542. The first-order valence-corrected chi connectivity index (χ1v) is 11.3. The molecule has 30 heavy (non-hydrogen) atoms. The highest BCUT2D eigenvalue weighted by molar-refractivity contribution is 6.06. The molecule has 3 fully saturated rings. The third-order valence-electron chi connectivity index (χ3n) is 6.69. The van der Waals surface area contributed by atoms with Crippen LogP contribution in [0.1, 0.15) is 55.3 Å². The lowest BCUT2D eigenvalue weighted by Crippen LogP contribution is -2.45. The predicted octanol–water partition coefficient (Wildman–Crippen LogP) is 2.88. The van der Waals surface area contributed by atoms with Crippen molar-refractivity contribution in [3.63, 3.8) is 0 Å². The van der Waals surface area contributed by atoms with Crippen molar-refractivity contribution in [1.82, 2.24) is 20.5 Å². The van der Waals surface area contributed by atoms with Crippen molar-refractivity contribution in [2.75, 3.05) is 13.1 Å². The van der Waals surface area contributed by atoms with E-state index in [-0.39, 0.29) is 11.8 Å². The second-order valence-electron chi connectivity index (χ2n) is 9.16. The molecule has 2 saturated carbocycles. The molecule has 6 heteroatoms. The predicted molar refractivity (Wildman–Crippen MR) is 116 cm³/mol. The van der Waals surface area contributed by atoms with Crippen LogP contribution in [-0.4, -0.2) is 52.9 Å². The third-order valence-corrected chi connectivity index (χ3v) is 6.69. The average molecular weight is 407 g/mol. The number of benzene rings is 1. The number of pyridine rings is 1. The molecule has 5 rings (SSSR count). The molecule has 2 atom stereocenters. The van der Waals surface area contributed by atoms with Gasteiger partial charge in [-0.25, -0.2) is 0 Å². The summed E-state index contributed by atoms with van der Waals surface area (Å²) in [5, 5.41) is 7.18. The molecule has 0 spiro atoms. The van der Waals surface area contributed by atoms with Crippen LogP contribution in [-0.2, 0) is 4.79 Å². The molecule has 2 aliphatic carbocycles. The van der Waals surface area contributed by atoms with E-state index in [4.69, 9.17) is 0 Å². The number of likely N-dealkylation sites (tertiary alicyclic amines) is 1. The van der Waals surface area contributed by atoms with Crippen molar-refractivity contribution in [3.05, 3.63) is 42.1 Å². The van der Waals surface area contributed by atoms with E-state index in [0.29, 0.717) is 36.7 Å².